The van der Waals surface area contributed by atoms with Gasteiger partial charge in [-0.3, -0.25) is 14.6 Å². The SMILES string of the molecule is NC1(C(=O)NCCCn2cc(-c3ccc(OC(F)(F)F)cc3)c3cc(CN4CC5CC4CN5Cc4ccccc4OC(F)(F)F)ccc32)CCNCC1. The van der Waals surface area contributed by atoms with Gasteiger partial charge in [0.1, 0.15) is 11.5 Å². The number of nitrogens with zero attached hydrogens (tertiary/aromatic N) is 3. The first kappa shape index (κ1) is 37.0. The molecule has 284 valence electrons. The molecule has 15 heteroatoms. The number of piperazine rings is 1. The van der Waals surface area contributed by atoms with Crippen molar-refractivity contribution in [2.75, 3.05) is 32.7 Å². The van der Waals surface area contributed by atoms with E-state index < -0.39 is 18.3 Å². The number of piperidine rings is 1. The van der Waals surface area contributed by atoms with Crippen LogP contribution in [0.2, 0.25) is 0 Å². The van der Waals surface area contributed by atoms with Crippen molar-refractivity contribution in [3.8, 4) is 22.6 Å². The summed E-state index contributed by atoms with van der Waals surface area (Å²) in [7, 11) is 0. The first-order valence-electron chi connectivity index (χ1n) is 17.8. The van der Waals surface area contributed by atoms with Crippen LogP contribution in [-0.2, 0) is 24.4 Å². The van der Waals surface area contributed by atoms with Crippen LogP contribution >= 0.6 is 0 Å². The van der Waals surface area contributed by atoms with Crippen molar-refractivity contribution in [1.29, 1.82) is 0 Å². The lowest BCUT2D eigenvalue weighted by molar-refractivity contribution is -0.275. The number of benzene rings is 3. The average molecular weight is 745 g/mol. The van der Waals surface area contributed by atoms with Crippen LogP contribution in [0.5, 0.6) is 11.5 Å². The molecule has 9 nitrogen and oxygen atoms in total. The number of rotatable bonds is 12. The van der Waals surface area contributed by atoms with Crippen LogP contribution in [0, 0.1) is 0 Å². The molecule has 2 unspecified atom stereocenters. The van der Waals surface area contributed by atoms with Crippen LogP contribution in [0.3, 0.4) is 0 Å². The Morgan fingerprint density at radius 1 is 0.887 bits per heavy atom. The molecule has 7 rings (SSSR count). The Kier molecular flexibility index (Phi) is 10.4. The second-order valence-corrected chi connectivity index (χ2v) is 14.2. The van der Waals surface area contributed by atoms with Crippen LogP contribution in [0.4, 0.5) is 26.3 Å². The third kappa shape index (κ3) is 8.75. The predicted octanol–water partition coefficient (Wildman–Crippen LogP) is 6.15. The van der Waals surface area contributed by atoms with Crippen LogP contribution in [-0.4, -0.2) is 83.3 Å². The Morgan fingerprint density at radius 3 is 2.25 bits per heavy atom. The van der Waals surface area contributed by atoms with E-state index in [0.29, 0.717) is 64.1 Å². The van der Waals surface area contributed by atoms with Gasteiger partial charge in [-0.25, -0.2) is 0 Å². The number of carbonyl (C=O) groups is 1. The Bertz CT molecular complexity index is 1910. The summed E-state index contributed by atoms with van der Waals surface area (Å²) in [6.45, 7) is 4.96. The smallest absolute Gasteiger partial charge is 0.406 e. The molecule has 3 fully saturated rings. The number of halogens is 6. The normalized spacial score (nSPS) is 20.6. The van der Waals surface area contributed by atoms with Crippen LogP contribution in [0.1, 0.15) is 36.8 Å². The van der Waals surface area contributed by atoms with Crippen LogP contribution in [0.15, 0.2) is 72.9 Å². The highest BCUT2D eigenvalue weighted by Crippen LogP contribution is 2.37. The zero-order valence-electron chi connectivity index (χ0n) is 29.0. The summed E-state index contributed by atoms with van der Waals surface area (Å²) in [5, 5.41) is 7.16. The van der Waals surface area contributed by atoms with Gasteiger partial charge in [-0.1, -0.05) is 36.4 Å². The number of nitrogens with two attached hydrogens (primary N) is 1. The number of alkyl halides is 6. The second kappa shape index (κ2) is 14.8. The maximum absolute atomic E-state index is 13.0. The van der Waals surface area contributed by atoms with Gasteiger partial charge in [0, 0.05) is 79.6 Å². The van der Waals surface area contributed by atoms with Crippen molar-refractivity contribution in [1.82, 2.24) is 25.0 Å². The fourth-order valence-corrected chi connectivity index (χ4v) is 7.95. The Balaban J connectivity index is 1.05. The van der Waals surface area contributed by atoms with Gasteiger partial charge in [0.05, 0.1) is 5.54 Å². The lowest BCUT2D eigenvalue weighted by atomic mass is 9.88. The summed E-state index contributed by atoms with van der Waals surface area (Å²) in [6, 6.07) is 18.8. The van der Waals surface area contributed by atoms with Gasteiger partial charge < -0.3 is 30.4 Å². The molecule has 2 atom stereocenters. The molecule has 1 amide bonds. The molecular formula is C38H42F6N6O3. The van der Waals surface area contributed by atoms with Gasteiger partial charge >= 0.3 is 12.7 Å². The molecule has 2 bridgehead atoms. The number of hydrogen-bond donors (Lipinski definition) is 3. The molecule has 0 radical (unpaired) electrons. The number of nitrogens with one attached hydrogen (secondary N) is 2. The lowest BCUT2D eigenvalue weighted by Gasteiger charge is -2.34. The number of aryl methyl sites for hydroxylation is 1. The Labute approximate surface area is 303 Å². The quantitative estimate of drug-likeness (QED) is 0.118. The Morgan fingerprint density at radius 2 is 1.57 bits per heavy atom. The number of likely N-dealkylation sites (tertiary alicyclic amines) is 2. The van der Waals surface area contributed by atoms with E-state index in [-0.39, 0.29) is 29.5 Å². The van der Waals surface area contributed by atoms with Gasteiger partial charge in [-0.15, -0.1) is 26.3 Å². The number of ether oxygens (including phenoxy) is 2. The molecule has 0 spiro atoms. The van der Waals surface area contributed by atoms with Gasteiger partial charge in [0.15, 0.2) is 0 Å². The number of carbonyl (C=O) groups excluding carboxylic acids is 1. The number of hydrogen-bond acceptors (Lipinski definition) is 7. The first-order valence-corrected chi connectivity index (χ1v) is 17.8. The molecule has 3 aliphatic heterocycles. The van der Waals surface area contributed by atoms with Crippen molar-refractivity contribution in [3.63, 3.8) is 0 Å². The fraction of sp³-hybridized carbons (Fsp3) is 0.447. The highest BCUT2D eigenvalue weighted by Gasteiger charge is 2.43. The minimum Gasteiger partial charge on any atom is -0.406 e. The predicted molar refractivity (Wildman–Crippen MR) is 187 cm³/mol. The second-order valence-electron chi connectivity index (χ2n) is 14.2. The van der Waals surface area contributed by atoms with Gasteiger partial charge in [-0.2, -0.15) is 0 Å². The van der Waals surface area contributed by atoms with Crippen molar-refractivity contribution in [2.45, 2.75) is 75.7 Å². The van der Waals surface area contributed by atoms with E-state index in [9.17, 15) is 31.1 Å². The summed E-state index contributed by atoms with van der Waals surface area (Å²) in [4.78, 5) is 17.4. The number of aromatic nitrogens is 1. The highest BCUT2D eigenvalue weighted by molar-refractivity contribution is 5.96. The van der Waals surface area contributed by atoms with Crippen molar-refractivity contribution in [2.24, 2.45) is 5.73 Å². The molecular weight excluding hydrogens is 702 g/mol. The molecule has 3 aromatic carbocycles. The maximum atomic E-state index is 13.0. The highest BCUT2D eigenvalue weighted by atomic mass is 19.4. The van der Waals surface area contributed by atoms with E-state index in [4.69, 9.17) is 5.73 Å². The van der Waals surface area contributed by atoms with E-state index in [1.807, 2.05) is 6.20 Å². The molecule has 1 aromatic heterocycles. The Hall–Kier alpha value is -4.31. The molecule has 4 N–H and O–H groups in total. The summed E-state index contributed by atoms with van der Waals surface area (Å²) in [5.74, 6) is -0.631. The summed E-state index contributed by atoms with van der Waals surface area (Å²) >= 11 is 0. The van der Waals surface area contributed by atoms with Gasteiger partial charge in [-0.05, 0) is 80.2 Å². The molecule has 0 aliphatic carbocycles. The standard InChI is InChI=1S/C38H42F6N6O3/c39-37(40,41)52-30-9-7-26(8-10-30)32-24-48(17-3-14-47-35(51)36(45)12-15-46-16-13-36)33-11-6-25(18-31(32)33)20-49-22-29-19-28(49)23-50(29)21-27-4-1-2-5-34(27)53-38(42,43)44/h1-2,4-11,18,24,28-29,46H,3,12-17,19-23,45H2,(H,47,51). The van der Waals surface area contributed by atoms with E-state index in [1.165, 1.54) is 24.3 Å². The third-order valence-corrected chi connectivity index (χ3v) is 10.6. The monoisotopic (exact) mass is 744 g/mol. The zero-order chi connectivity index (χ0) is 37.4. The minimum absolute atomic E-state index is 0.151. The average Bonchev–Trinajstić information content (AvgIpc) is 3.79. The fourth-order valence-electron chi connectivity index (χ4n) is 7.95. The van der Waals surface area contributed by atoms with Gasteiger partial charge in [0.25, 0.3) is 0 Å². The number of amides is 1. The summed E-state index contributed by atoms with van der Waals surface area (Å²) < 4.78 is 88.0. The lowest BCUT2D eigenvalue weighted by Crippen LogP contribution is -2.59. The molecule has 53 heavy (non-hydrogen) atoms. The van der Waals surface area contributed by atoms with Gasteiger partial charge in [0.2, 0.25) is 5.91 Å². The van der Waals surface area contributed by atoms with Crippen molar-refractivity contribution >= 4 is 16.8 Å². The number of para-hydroxylation sites is 1. The summed E-state index contributed by atoms with van der Waals surface area (Å²) in [6.07, 6.45) is -4.86. The maximum Gasteiger partial charge on any atom is 0.573 e. The number of fused-ring (bicyclic) bond motifs is 3. The zero-order valence-corrected chi connectivity index (χ0v) is 29.0. The van der Waals surface area contributed by atoms with E-state index in [2.05, 4.69) is 52.7 Å². The first-order chi connectivity index (χ1) is 25.2. The van der Waals surface area contributed by atoms with E-state index in [1.54, 1.807) is 24.3 Å². The molecule has 0 saturated carbocycles. The van der Waals surface area contributed by atoms with Crippen LogP contribution < -0.4 is 25.8 Å². The van der Waals surface area contributed by atoms with E-state index in [0.717, 1.165) is 47.1 Å². The van der Waals surface area contributed by atoms with Crippen molar-refractivity contribution in [3.05, 3.63) is 84.1 Å². The molecule has 3 saturated heterocycles. The van der Waals surface area contributed by atoms with E-state index >= 15 is 0 Å². The molecule has 4 aromatic rings. The topological polar surface area (TPSA) is 97.0 Å². The van der Waals surface area contributed by atoms with Crippen molar-refractivity contribution < 1.29 is 40.6 Å². The summed E-state index contributed by atoms with van der Waals surface area (Å²) in [5.41, 5.74) is 9.59. The molecule has 4 heterocycles. The minimum atomic E-state index is -4.79. The third-order valence-electron chi connectivity index (χ3n) is 10.6. The van der Waals surface area contributed by atoms with Crippen LogP contribution in [0.25, 0.3) is 22.0 Å². The largest absolute Gasteiger partial charge is 0.573 e. The molecule has 3 aliphatic rings.